The average Bonchev–Trinajstić information content (AvgIpc) is 2.43. The Labute approximate surface area is 112 Å². The third kappa shape index (κ3) is 3.27. The Morgan fingerprint density at radius 3 is 3.17 bits per heavy atom. The number of nitrogens with two attached hydrogens (primary N) is 1. The Hall–Kier alpha value is -1.00. The highest BCUT2D eigenvalue weighted by Gasteiger charge is 2.14. The maximum atomic E-state index is 11.1. The van der Waals surface area contributed by atoms with Gasteiger partial charge in [-0.05, 0) is 42.2 Å². The Balaban J connectivity index is 2.01. The molecule has 2 rings (SSSR count). The van der Waals surface area contributed by atoms with Gasteiger partial charge in [-0.3, -0.25) is 4.79 Å². The second-order valence-corrected chi connectivity index (χ2v) is 5.68. The number of rotatable bonds is 4. The number of benzene rings is 1. The molecular formula is C14H19NO2S. The molecule has 1 unspecified atom stereocenters. The van der Waals surface area contributed by atoms with E-state index in [4.69, 9.17) is 5.73 Å². The normalized spacial score (nSPS) is 15.9. The van der Waals surface area contributed by atoms with Crippen LogP contribution in [0, 0.1) is 0 Å². The van der Waals surface area contributed by atoms with E-state index in [1.54, 1.807) is 0 Å². The fourth-order valence-electron chi connectivity index (χ4n) is 2.15. The van der Waals surface area contributed by atoms with Crippen molar-refractivity contribution in [2.45, 2.75) is 36.6 Å². The molecule has 0 aliphatic carbocycles. The first-order valence-corrected chi connectivity index (χ1v) is 7.27. The van der Waals surface area contributed by atoms with Crippen LogP contribution in [-0.4, -0.2) is 18.8 Å². The summed E-state index contributed by atoms with van der Waals surface area (Å²) < 4.78 is 4.63. The SMILES string of the molecule is COC(=O)CCC(N)c1ccc2c(c1)CCCS2. The summed E-state index contributed by atoms with van der Waals surface area (Å²) in [4.78, 5) is 12.5. The quantitative estimate of drug-likeness (QED) is 0.850. The van der Waals surface area contributed by atoms with Crippen LogP contribution in [0.15, 0.2) is 23.1 Å². The summed E-state index contributed by atoms with van der Waals surface area (Å²) in [6.07, 6.45) is 3.39. The lowest BCUT2D eigenvalue weighted by molar-refractivity contribution is -0.140. The highest BCUT2D eigenvalue weighted by Crippen LogP contribution is 2.32. The van der Waals surface area contributed by atoms with Crippen LogP contribution in [0.25, 0.3) is 0 Å². The van der Waals surface area contributed by atoms with Crippen LogP contribution in [0.5, 0.6) is 0 Å². The summed E-state index contributed by atoms with van der Waals surface area (Å²) in [7, 11) is 1.41. The monoisotopic (exact) mass is 265 g/mol. The number of fused-ring (bicyclic) bond motifs is 1. The van der Waals surface area contributed by atoms with Gasteiger partial charge >= 0.3 is 5.97 Å². The van der Waals surface area contributed by atoms with E-state index in [0.29, 0.717) is 12.8 Å². The molecule has 0 aromatic heterocycles. The molecule has 0 amide bonds. The van der Waals surface area contributed by atoms with Crippen molar-refractivity contribution in [3.05, 3.63) is 29.3 Å². The first-order chi connectivity index (χ1) is 8.70. The molecular weight excluding hydrogens is 246 g/mol. The zero-order valence-electron chi connectivity index (χ0n) is 10.6. The van der Waals surface area contributed by atoms with E-state index in [0.717, 1.165) is 12.0 Å². The van der Waals surface area contributed by atoms with Crippen LogP contribution in [0.4, 0.5) is 0 Å². The number of thioether (sulfide) groups is 1. The number of ether oxygens (including phenoxy) is 1. The largest absolute Gasteiger partial charge is 0.469 e. The Morgan fingerprint density at radius 1 is 1.56 bits per heavy atom. The lowest BCUT2D eigenvalue weighted by Gasteiger charge is -2.18. The topological polar surface area (TPSA) is 52.3 Å². The molecule has 1 aliphatic rings. The van der Waals surface area contributed by atoms with Crippen LogP contribution in [-0.2, 0) is 16.0 Å². The van der Waals surface area contributed by atoms with E-state index in [1.165, 1.54) is 29.7 Å². The smallest absolute Gasteiger partial charge is 0.305 e. The third-order valence-electron chi connectivity index (χ3n) is 3.25. The third-order valence-corrected chi connectivity index (χ3v) is 4.45. The van der Waals surface area contributed by atoms with E-state index in [2.05, 4.69) is 22.9 Å². The minimum absolute atomic E-state index is 0.0821. The fraction of sp³-hybridized carbons (Fsp3) is 0.500. The zero-order chi connectivity index (χ0) is 13.0. The molecule has 98 valence electrons. The minimum atomic E-state index is -0.195. The van der Waals surface area contributed by atoms with Crippen LogP contribution in [0.1, 0.15) is 36.4 Å². The van der Waals surface area contributed by atoms with E-state index >= 15 is 0 Å². The highest BCUT2D eigenvalue weighted by molar-refractivity contribution is 7.99. The predicted molar refractivity (Wildman–Crippen MR) is 73.7 cm³/mol. The Morgan fingerprint density at radius 2 is 2.39 bits per heavy atom. The first kappa shape index (κ1) is 13.4. The van der Waals surface area contributed by atoms with Crippen molar-refractivity contribution in [1.82, 2.24) is 0 Å². The van der Waals surface area contributed by atoms with Gasteiger partial charge in [0.2, 0.25) is 0 Å². The summed E-state index contributed by atoms with van der Waals surface area (Å²) in [5, 5.41) is 0. The maximum absolute atomic E-state index is 11.1. The number of esters is 1. The number of carbonyl (C=O) groups excluding carboxylic acids is 1. The summed E-state index contributed by atoms with van der Waals surface area (Å²) in [5.74, 6) is 1.01. The summed E-state index contributed by atoms with van der Waals surface area (Å²) in [6, 6.07) is 6.36. The molecule has 0 saturated heterocycles. The summed E-state index contributed by atoms with van der Waals surface area (Å²) in [5.41, 5.74) is 8.64. The van der Waals surface area contributed by atoms with E-state index < -0.39 is 0 Å². The number of hydrogen-bond donors (Lipinski definition) is 1. The molecule has 0 saturated carbocycles. The van der Waals surface area contributed by atoms with Crippen LogP contribution >= 0.6 is 11.8 Å². The number of hydrogen-bond acceptors (Lipinski definition) is 4. The zero-order valence-corrected chi connectivity index (χ0v) is 11.5. The summed E-state index contributed by atoms with van der Waals surface area (Å²) >= 11 is 1.92. The molecule has 0 radical (unpaired) electrons. The highest BCUT2D eigenvalue weighted by atomic mass is 32.2. The van der Waals surface area contributed by atoms with E-state index in [9.17, 15) is 4.79 Å². The van der Waals surface area contributed by atoms with Gasteiger partial charge in [0.05, 0.1) is 7.11 Å². The van der Waals surface area contributed by atoms with Crippen molar-refractivity contribution < 1.29 is 9.53 Å². The standard InChI is InChI=1S/C14H19NO2S/c1-17-14(16)7-5-12(15)10-4-6-13-11(9-10)3-2-8-18-13/h4,6,9,12H,2-3,5,7-8,15H2,1H3. The second-order valence-electron chi connectivity index (χ2n) is 4.54. The fourth-order valence-corrected chi connectivity index (χ4v) is 3.17. The van der Waals surface area contributed by atoms with E-state index in [-0.39, 0.29) is 12.0 Å². The molecule has 0 spiro atoms. The van der Waals surface area contributed by atoms with Gasteiger partial charge in [0, 0.05) is 17.4 Å². The minimum Gasteiger partial charge on any atom is -0.469 e. The van der Waals surface area contributed by atoms with Crippen LogP contribution in [0.2, 0.25) is 0 Å². The molecule has 3 nitrogen and oxygen atoms in total. The molecule has 18 heavy (non-hydrogen) atoms. The van der Waals surface area contributed by atoms with Gasteiger partial charge in [0.1, 0.15) is 0 Å². The van der Waals surface area contributed by atoms with Gasteiger partial charge in [0.15, 0.2) is 0 Å². The lowest BCUT2D eigenvalue weighted by Crippen LogP contribution is -2.14. The van der Waals surface area contributed by atoms with Crippen molar-refractivity contribution in [2.24, 2.45) is 5.73 Å². The van der Waals surface area contributed by atoms with Gasteiger partial charge in [0.25, 0.3) is 0 Å². The molecule has 0 bridgehead atoms. The summed E-state index contributed by atoms with van der Waals surface area (Å²) in [6.45, 7) is 0. The molecule has 2 N–H and O–H groups in total. The van der Waals surface area contributed by atoms with E-state index in [1.807, 2.05) is 11.8 Å². The van der Waals surface area contributed by atoms with Crippen molar-refractivity contribution >= 4 is 17.7 Å². The maximum Gasteiger partial charge on any atom is 0.305 e. The van der Waals surface area contributed by atoms with Gasteiger partial charge in [-0.25, -0.2) is 0 Å². The average molecular weight is 265 g/mol. The second kappa shape index (κ2) is 6.25. The molecule has 1 aliphatic heterocycles. The molecule has 0 fully saturated rings. The van der Waals surface area contributed by atoms with Crippen molar-refractivity contribution in [1.29, 1.82) is 0 Å². The lowest BCUT2D eigenvalue weighted by atomic mass is 9.99. The van der Waals surface area contributed by atoms with Crippen molar-refractivity contribution in [3.63, 3.8) is 0 Å². The van der Waals surface area contributed by atoms with Crippen molar-refractivity contribution in [3.8, 4) is 0 Å². The molecule has 1 aromatic rings. The van der Waals surface area contributed by atoms with Gasteiger partial charge in [-0.1, -0.05) is 12.1 Å². The van der Waals surface area contributed by atoms with Gasteiger partial charge in [-0.2, -0.15) is 0 Å². The number of methoxy groups -OCH3 is 1. The molecule has 1 atom stereocenters. The molecule has 1 heterocycles. The van der Waals surface area contributed by atoms with Crippen LogP contribution in [0.3, 0.4) is 0 Å². The Bertz CT molecular complexity index is 434. The van der Waals surface area contributed by atoms with Gasteiger partial charge < -0.3 is 10.5 Å². The first-order valence-electron chi connectivity index (χ1n) is 6.28. The molecule has 1 aromatic carbocycles. The number of aryl methyl sites for hydroxylation is 1. The Kier molecular flexibility index (Phi) is 4.66. The van der Waals surface area contributed by atoms with Gasteiger partial charge in [-0.15, -0.1) is 11.8 Å². The number of carbonyl (C=O) groups is 1. The molecule has 4 heteroatoms. The van der Waals surface area contributed by atoms with Crippen molar-refractivity contribution in [2.75, 3.05) is 12.9 Å². The predicted octanol–water partition coefficient (Wildman–Crippen LogP) is 2.68. The van der Waals surface area contributed by atoms with Crippen LogP contribution < -0.4 is 5.73 Å².